The second-order valence-electron chi connectivity index (χ2n) is 4.81. The molecule has 20 heavy (non-hydrogen) atoms. The zero-order valence-electron chi connectivity index (χ0n) is 11.1. The lowest BCUT2D eigenvalue weighted by atomic mass is 10.2. The highest BCUT2D eigenvalue weighted by Crippen LogP contribution is 2.18. The van der Waals surface area contributed by atoms with Gasteiger partial charge in [0.1, 0.15) is 5.82 Å². The quantitative estimate of drug-likeness (QED) is 0.771. The first-order valence-electron chi connectivity index (χ1n) is 6.64. The van der Waals surface area contributed by atoms with Crippen molar-refractivity contribution in [3.63, 3.8) is 0 Å². The second-order valence-corrected chi connectivity index (χ2v) is 6.04. The summed E-state index contributed by atoms with van der Waals surface area (Å²) in [5.41, 5.74) is 0.518. The predicted molar refractivity (Wildman–Crippen MR) is 81.8 cm³/mol. The van der Waals surface area contributed by atoms with Crippen LogP contribution in [0, 0.1) is 5.82 Å². The van der Waals surface area contributed by atoms with Crippen LogP contribution in [0.25, 0.3) is 0 Å². The number of nitrogens with zero attached hydrogens (tertiary/aromatic N) is 2. The molecule has 1 aliphatic rings. The van der Waals surface area contributed by atoms with Crippen molar-refractivity contribution in [3.8, 4) is 0 Å². The van der Waals surface area contributed by atoms with Gasteiger partial charge in [0.05, 0.1) is 4.47 Å². The summed E-state index contributed by atoms with van der Waals surface area (Å²) in [5.74, 6) is 0.211. The Balaban J connectivity index is 2.03. The largest absolute Gasteiger partial charge is 0.337 e. The fraction of sp³-hybridized carbons (Fsp3) is 0.500. The number of carbonyl (C=O) groups is 1. The van der Waals surface area contributed by atoms with Gasteiger partial charge in [0.15, 0.2) is 0 Å². The number of benzene rings is 1. The Morgan fingerprint density at radius 3 is 2.80 bits per heavy atom. The molecular formula is C14H17BrClFN2O. The highest BCUT2D eigenvalue weighted by atomic mass is 79.9. The van der Waals surface area contributed by atoms with Crippen molar-refractivity contribution in [1.29, 1.82) is 0 Å². The first kappa shape index (κ1) is 15.7. The number of hydrogen-bond donors (Lipinski definition) is 0. The molecule has 1 aromatic carbocycles. The standard InChI is InChI=1S/C14H17BrClFN2O/c15-12-10-11(2-3-13(12)17)14(20)19-6-1-5-18(7-4-16)8-9-19/h2-3,10H,1,4-9H2. The maximum absolute atomic E-state index is 13.2. The molecule has 1 fully saturated rings. The van der Waals surface area contributed by atoms with E-state index in [-0.39, 0.29) is 11.7 Å². The zero-order valence-corrected chi connectivity index (χ0v) is 13.5. The molecule has 1 saturated heterocycles. The third-order valence-electron chi connectivity index (χ3n) is 3.44. The molecule has 0 bridgehead atoms. The molecule has 6 heteroatoms. The summed E-state index contributed by atoms with van der Waals surface area (Å²) >= 11 is 8.87. The average molecular weight is 364 g/mol. The Kier molecular flexibility index (Phi) is 5.81. The third kappa shape index (κ3) is 3.93. The number of rotatable bonds is 3. The fourth-order valence-corrected chi connectivity index (χ4v) is 2.95. The molecule has 2 rings (SSSR count). The molecule has 0 radical (unpaired) electrons. The van der Waals surface area contributed by atoms with Gasteiger partial charge in [0.2, 0.25) is 0 Å². The molecule has 1 amide bonds. The van der Waals surface area contributed by atoms with E-state index >= 15 is 0 Å². The van der Waals surface area contributed by atoms with Gasteiger partial charge in [-0.25, -0.2) is 4.39 Å². The third-order valence-corrected chi connectivity index (χ3v) is 4.22. The van der Waals surface area contributed by atoms with E-state index in [1.54, 1.807) is 6.07 Å². The van der Waals surface area contributed by atoms with Crippen LogP contribution in [-0.4, -0.2) is 54.3 Å². The van der Waals surface area contributed by atoms with E-state index in [0.29, 0.717) is 22.5 Å². The number of halogens is 3. The van der Waals surface area contributed by atoms with E-state index < -0.39 is 0 Å². The first-order chi connectivity index (χ1) is 9.61. The summed E-state index contributed by atoms with van der Waals surface area (Å²) in [6, 6.07) is 4.39. The molecule has 1 aliphatic heterocycles. The van der Waals surface area contributed by atoms with Crippen LogP contribution in [0.2, 0.25) is 0 Å². The maximum atomic E-state index is 13.2. The van der Waals surface area contributed by atoms with E-state index in [1.165, 1.54) is 12.1 Å². The second kappa shape index (κ2) is 7.38. The average Bonchev–Trinajstić information content (AvgIpc) is 2.67. The van der Waals surface area contributed by atoms with Crippen molar-refractivity contribution >= 4 is 33.4 Å². The highest BCUT2D eigenvalue weighted by molar-refractivity contribution is 9.10. The number of carbonyl (C=O) groups excluding carboxylic acids is 1. The molecule has 0 unspecified atom stereocenters. The minimum absolute atomic E-state index is 0.0431. The van der Waals surface area contributed by atoms with Gasteiger partial charge in [0, 0.05) is 37.6 Å². The van der Waals surface area contributed by atoms with Crippen molar-refractivity contribution in [2.45, 2.75) is 6.42 Å². The molecule has 0 aliphatic carbocycles. The van der Waals surface area contributed by atoms with Crippen molar-refractivity contribution in [3.05, 3.63) is 34.1 Å². The minimum Gasteiger partial charge on any atom is -0.337 e. The topological polar surface area (TPSA) is 23.6 Å². The normalized spacial score (nSPS) is 17.1. The van der Waals surface area contributed by atoms with E-state index in [4.69, 9.17) is 11.6 Å². The molecule has 1 aromatic rings. The molecule has 0 spiro atoms. The van der Waals surface area contributed by atoms with Gasteiger partial charge in [0.25, 0.3) is 5.91 Å². The van der Waals surface area contributed by atoms with Crippen LogP contribution in [0.1, 0.15) is 16.8 Å². The lowest BCUT2D eigenvalue weighted by Crippen LogP contribution is -2.35. The number of hydrogen-bond acceptors (Lipinski definition) is 2. The van der Waals surface area contributed by atoms with Gasteiger partial charge >= 0.3 is 0 Å². The molecular weight excluding hydrogens is 347 g/mol. The maximum Gasteiger partial charge on any atom is 0.253 e. The van der Waals surface area contributed by atoms with Crippen LogP contribution in [0.5, 0.6) is 0 Å². The van der Waals surface area contributed by atoms with Gasteiger partial charge in [-0.15, -0.1) is 11.6 Å². The van der Waals surface area contributed by atoms with E-state index in [9.17, 15) is 9.18 Å². The Morgan fingerprint density at radius 2 is 2.10 bits per heavy atom. The van der Waals surface area contributed by atoms with Crippen molar-refractivity contribution in [2.24, 2.45) is 0 Å². The predicted octanol–water partition coefficient (Wildman–Crippen LogP) is 2.97. The first-order valence-corrected chi connectivity index (χ1v) is 7.97. The lowest BCUT2D eigenvalue weighted by Gasteiger charge is -2.21. The summed E-state index contributed by atoms with van der Waals surface area (Å²) in [6.45, 7) is 4.06. The molecule has 3 nitrogen and oxygen atoms in total. The van der Waals surface area contributed by atoms with Crippen LogP contribution in [0.3, 0.4) is 0 Å². The molecule has 110 valence electrons. The van der Waals surface area contributed by atoms with Crippen molar-refractivity contribution in [2.75, 3.05) is 38.6 Å². The van der Waals surface area contributed by atoms with Crippen molar-refractivity contribution < 1.29 is 9.18 Å². The summed E-state index contributed by atoms with van der Waals surface area (Å²) < 4.78 is 13.5. The smallest absolute Gasteiger partial charge is 0.253 e. The Labute approximate surface area is 131 Å². The number of amides is 1. The van der Waals surface area contributed by atoms with E-state index in [2.05, 4.69) is 20.8 Å². The van der Waals surface area contributed by atoms with Gasteiger partial charge in [-0.2, -0.15) is 0 Å². The van der Waals surface area contributed by atoms with Crippen LogP contribution < -0.4 is 0 Å². The SMILES string of the molecule is O=C(c1ccc(F)c(Br)c1)N1CCCN(CCCl)CC1. The van der Waals surface area contributed by atoms with Crippen LogP contribution in [-0.2, 0) is 0 Å². The van der Waals surface area contributed by atoms with Gasteiger partial charge in [-0.05, 0) is 47.1 Å². The monoisotopic (exact) mass is 362 g/mol. The molecule has 0 N–H and O–H groups in total. The van der Waals surface area contributed by atoms with Gasteiger partial charge in [-0.1, -0.05) is 0 Å². The van der Waals surface area contributed by atoms with Crippen LogP contribution >= 0.6 is 27.5 Å². The minimum atomic E-state index is -0.356. The summed E-state index contributed by atoms with van der Waals surface area (Å²) in [5, 5.41) is 0. The molecule has 0 aromatic heterocycles. The summed E-state index contributed by atoms with van der Waals surface area (Å²) in [7, 11) is 0. The van der Waals surface area contributed by atoms with Crippen molar-refractivity contribution in [1.82, 2.24) is 9.80 Å². The Bertz CT molecular complexity index is 486. The summed E-state index contributed by atoms with van der Waals surface area (Å²) in [6.07, 6.45) is 0.936. The molecule has 0 atom stereocenters. The van der Waals surface area contributed by atoms with Crippen LogP contribution in [0.4, 0.5) is 4.39 Å². The Hall–Kier alpha value is -0.650. The van der Waals surface area contributed by atoms with Gasteiger partial charge in [-0.3, -0.25) is 4.79 Å². The molecule has 1 heterocycles. The highest BCUT2D eigenvalue weighted by Gasteiger charge is 2.20. The number of alkyl halides is 1. The Morgan fingerprint density at radius 1 is 1.30 bits per heavy atom. The van der Waals surface area contributed by atoms with Gasteiger partial charge < -0.3 is 9.80 Å². The van der Waals surface area contributed by atoms with E-state index in [0.717, 1.165) is 32.6 Å². The van der Waals surface area contributed by atoms with Crippen LogP contribution in [0.15, 0.2) is 22.7 Å². The zero-order chi connectivity index (χ0) is 14.5. The lowest BCUT2D eigenvalue weighted by molar-refractivity contribution is 0.0761. The van der Waals surface area contributed by atoms with E-state index in [1.807, 2.05) is 4.90 Å². The summed E-state index contributed by atoms with van der Waals surface area (Å²) in [4.78, 5) is 16.5. The molecule has 0 saturated carbocycles. The fourth-order valence-electron chi connectivity index (χ4n) is 2.33.